The summed E-state index contributed by atoms with van der Waals surface area (Å²) in [5.41, 5.74) is -0.962. The van der Waals surface area contributed by atoms with Crippen LogP contribution in [0.25, 0.3) is 11.0 Å². The Bertz CT molecular complexity index is 983. The number of rotatable bonds is 4. The number of aliphatic hydroxyl groups excluding tert-OH is 5. The Morgan fingerprint density at radius 2 is 1.80 bits per heavy atom. The minimum absolute atomic E-state index is 0.307. The molecule has 2 aromatic rings. The molecule has 0 spiro atoms. The number of hydrogen-bond acceptors (Lipinski definition) is 10. The maximum absolute atomic E-state index is 11.5. The van der Waals surface area contributed by atoms with Gasteiger partial charge >= 0.3 is 5.63 Å². The topological polar surface area (TPSA) is 159 Å². The maximum Gasteiger partial charge on any atom is 0.336 e. The highest BCUT2D eigenvalue weighted by molar-refractivity contribution is 5.80. The van der Waals surface area contributed by atoms with Crippen LogP contribution in [0.1, 0.15) is 25.5 Å². The molecule has 30 heavy (non-hydrogen) atoms. The molecule has 0 saturated carbocycles. The predicted molar refractivity (Wildman–Crippen MR) is 101 cm³/mol. The van der Waals surface area contributed by atoms with Crippen LogP contribution in [0, 0.1) is 0 Å². The number of benzene rings is 1. The van der Waals surface area contributed by atoms with Gasteiger partial charge in [-0.05, 0) is 26.0 Å². The van der Waals surface area contributed by atoms with Crippen molar-refractivity contribution in [3.63, 3.8) is 0 Å². The van der Waals surface area contributed by atoms with E-state index >= 15 is 0 Å². The van der Waals surface area contributed by atoms with Crippen molar-refractivity contribution < 1.29 is 44.2 Å². The molecule has 2 aliphatic heterocycles. The lowest BCUT2D eigenvalue weighted by Crippen LogP contribution is -2.61. The molecule has 10 nitrogen and oxygen atoms in total. The molecule has 164 valence electrons. The first-order valence-electron chi connectivity index (χ1n) is 9.53. The number of hydrogen-bond donors (Lipinski definition) is 5. The van der Waals surface area contributed by atoms with Crippen LogP contribution >= 0.6 is 0 Å². The summed E-state index contributed by atoms with van der Waals surface area (Å²) in [7, 11) is 0. The van der Waals surface area contributed by atoms with Gasteiger partial charge in [0.15, 0.2) is 12.4 Å². The minimum atomic E-state index is -1.59. The molecule has 10 heteroatoms. The van der Waals surface area contributed by atoms with Crippen molar-refractivity contribution in [1.82, 2.24) is 0 Å². The Kier molecular flexibility index (Phi) is 5.35. The highest BCUT2D eigenvalue weighted by Gasteiger charge is 2.50. The van der Waals surface area contributed by atoms with Gasteiger partial charge in [0.1, 0.15) is 47.5 Å². The van der Waals surface area contributed by atoms with Crippen molar-refractivity contribution in [2.45, 2.75) is 62.4 Å². The summed E-state index contributed by atoms with van der Waals surface area (Å²) < 4.78 is 22.2. The Hall–Kier alpha value is -2.05. The maximum atomic E-state index is 11.5. The van der Waals surface area contributed by atoms with Gasteiger partial charge in [-0.15, -0.1) is 0 Å². The fourth-order valence-corrected chi connectivity index (χ4v) is 3.87. The molecule has 2 aliphatic rings. The van der Waals surface area contributed by atoms with E-state index in [1.807, 2.05) is 0 Å². The molecule has 0 bridgehead atoms. The minimum Gasteiger partial charge on any atom is -0.484 e. The van der Waals surface area contributed by atoms with Crippen LogP contribution in [-0.4, -0.2) is 74.6 Å². The van der Waals surface area contributed by atoms with Gasteiger partial charge in [0, 0.05) is 23.1 Å². The summed E-state index contributed by atoms with van der Waals surface area (Å²) in [6.45, 7) is 2.62. The molecule has 1 aromatic heterocycles. The Labute approximate surface area is 170 Å². The van der Waals surface area contributed by atoms with Gasteiger partial charge in [-0.2, -0.15) is 0 Å². The average Bonchev–Trinajstić information content (AvgIpc) is 3.03. The standard InChI is InChI=1S/C20H24O10/c1-20(2,30-19-17(26)16(25)15(24)12(7-21)29-19)18-14(23)9-5-8-3-4-13(22)27-10(8)6-11(9)28-18/h3-6,12,14-19,21,23-26H,7H2,1-2H3/t12-,14-,15-,16+,17-,18-,19+/m1/s1. The van der Waals surface area contributed by atoms with Gasteiger partial charge in [-0.1, -0.05) is 0 Å². The predicted octanol–water partition coefficient (Wildman–Crippen LogP) is -0.818. The fourth-order valence-electron chi connectivity index (χ4n) is 3.87. The van der Waals surface area contributed by atoms with E-state index in [1.165, 1.54) is 12.1 Å². The Morgan fingerprint density at radius 1 is 1.07 bits per heavy atom. The van der Waals surface area contributed by atoms with Crippen LogP contribution < -0.4 is 10.4 Å². The summed E-state index contributed by atoms with van der Waals surface area (Å²) in [6, 6.07) is 6.03. The monoisotopic (exact) mass is 424 g/mol. The lowest BCUT2D eigenvalue weighted by molar-refractivity contribution is -0.332. The molecule has 0 amide bonds. The SMILES string of the molecule is CC(C)(O[C@@H]1O[C@H](CO)[C@@H](O)[C@H](O)[C@H]1O)[C@@H]1Oc2cc3oc(=O)ccc3cc2[C@H]1O. The second kappa shape index (κ2) is 7.57. The summed E-state index contributed by atoms with van der Waals surface area (Å²) in [5.74, 6) is 0.319. The zero-order valence-electron chi connectivity index (χ0n) is 16.3. The number of ether oxygens (including phenoxy) is 3. The molecule has 5 N–H and O–H groups in total. The molecule has 0 unspecified atom stereocenters. The van der Waals surface area contributed by atoms with E-state index in [0.29, 0.717) is 22.3 Å². The second-order valence-electron chi connectivity index (χ2n) is 8.08. The van der Waals surface area contributed by atoms with Gasteiger partial charge in [0.2, 0.25) is 0 Å². The van der Waals surface area contributed by atoms with Crippen molar-refractivity contribution in [2.24, 2.45) is 0 Å². The largest absolute Gasteiger partial charge is 0.484 e. The van der Waals surface area contributed by atoms with Crippen LogP contribution in [0.15, 0.2) is 33.5 Å². The third kappa shape index (κ3) is 3.50. The first-order chi connectivity index (χ1) is 14.1. The number of aliphatic hydroxyl groups is 5. The van der Waals surface area contributed by atoms with E-state index in [4.69, 9.17) is 18.6 Å². The summed E-state index contributed by atoms with van der Waals surface area (Å²) >= 11 is 0. The van der Waals surface area contributed by atoms with Crippen LogP contribution in [0.4, 0.5) is 0 Å². The highest BCUT2D eigenvalue weighted by Crippen LogP contribution is 2.44. The molecule has 1 saturated heterocycles. The van der Waals surface area contributed by atoms with E-state index in [9.17, 15) is 30.3 Å². The highest BCUT2D eigenvalue weighted by atomic mass is 16.7. The third-order valence-electron chi connectivity index (χ3n) is 5.56. The van der Waals surface area contributed by atoms with Crippen LogP contribution in [0.2, 0.25) is 0 Å². The Balaban J connectivity index is 1.58. The third-order valence-corrected chi connectivity index (χ3v) is 5.56. The first kappa shape index (κ1) is 21.2. The van der Waals surface area contributed by atoms with Crippen LogP contribution in [-0.2, 0) is 9.47 Å². The van der Waals surface area contributed by atoms with E-state index in [1.54, 1.807) is 26.0 Å². The first-order valence-corrected chi connectivity index (χ1v) is 9.53. The van der Waals surface area contributed by atoms with Gasteiger partial charge < -0.3 is 44.2 Å². The summed E-state index contributed by atoms with van der Waals surface area (Å²) in [4.78, 5) is 11.5. The molecule has 1 fully saturated rings. The number of fused-ring (bicyclic) bond motifs is 2. The van der Waals surface area contributed by atoms with Gasteiger partial charge in [-0.25, -0.2) is 4.79 Å². The fraction of sp³-hybridized carbons (Fsp3) is 0.550. The van der Waals surface area contributed by atoms with Crippen molar-refractivity contribution in [1.29, 1.82) is 0 Å². The Morgan fingerprint density at radius 3 is 2.50 bits per heavy atom. The summed E-state index contributed by atoms with van der Waals surface area (Å²) in [6.07, 6.45) is -9.21. The second-order valence-corrected chi connectivity index (χ2v) is 8.08. The molecule has 1 aromatic carbocycles. The zero-order valence-corrected chi connectivity index (χ0v) is 16.3. The molecular formula is C20H24O10. The lowest BCUT2D eigenvalue weighted by Gasteiger charge is -2.44. The summed E-state index contributed by atoms with van der Waals surface area (Å²) in [5, 5.41) is 50.9. The van der Waals surface area contributed by atoms with E-state index in [0.717, 1.165) is 0 Å². The van der Waals surface area contributed by atoms with Gasteiger partial charge in [0.25, 0.3) is 0 Å². The average molecular weight is 424 g/mol. The molecule has 0 aliphatic carbocycles. The van der Waals surface area contributed by atoms with E-state index in [2.05, 4.69) is 0 Å². The lowest BCUT2D eigenvalue weighted by atomic mass is 9.93. The zero-order chi connectivity index (χ0) is 21.8. The van der Waals surface area contributed by atoms with Crippen LogP contribution in [0.5, 0.6) is 5.75 Å². The van der Waals surface area contributed by atoms with Crippen molar-refractivity contribution in [2.75, 3.05) is 6.61 Å². The molecule has 0 radical (unpaired) electrons. The van der Waals surface area contributed by atoms with Crippen molar-refractivity contribution in [3.8, 4) is 5.75 Å². The van der Waals surface area contributed by atoms with Gasteiger partial charge in [-0.3, -0.25) is 0 Å². The molecule has 3 heterocycles. The normalized spacial score (nSPS) is 34.0. The van der Waals surface area contributed by atoms with Crippen LogP contribution in [0.3, 0.4) is 0 Å². The quantitative estimate of drug-likeness (QED) is 0.393. The molecule has 4 rings (SSSR count). The molecular weight excluding hydrogens is 400 g/mol. The van der Waals surface area contributed by atoms with Crippen molar-refractivity contribution in [3.05, 3.63) is 40.2 Å². The van der Waals surface area contributed by atoms with Crippen molar-refractivity contribution >= 4 is 11.0 Å². The van der Waals surface area contributed by atoms with E-state index < -0.39 is 60.7 Å². The molecule has 7 atom stereocenters. The smallest absolute Gasteiger partial charge is 0.336 e. The van der Waals surface area contributed by atoms with E-state index in [-0.39, 0.29) is 0 Å². The van der Waals surface area contributed by atoms with Gasteiger partial charge in [0.05, 0.1) is 6.61 Å².